The first kappa shape index (κ1) is 11.1. The molecule has 92 valence electrons. The Kier molecular flexibility index (Phi) is 2.88. The summed E-state index contributed by atoms with van der Waals surface area (Å²) < 4.78 is 0. The van der Waals surface area contributed by atoms with Crippen molar-refractivity contribution in [3.05, 3.63) is 40.2 Å². The highest BCUT2D eigenvalue weighted by Crippen LogP contribution is 2.18. The van der Waals surface area contributed by atoms with Gasteiger partial charge in [0.15, 0.2) is 5.82 Å². The number of hydrogen-bond donors (Lipinski definition) is 1. The second-order valence-electron chi connectivity index (χ2n) is 4.50. The van der Waals surface area contributed by atoms with E-state index in [2.05, 4.69) is 19.9 Å². The molecule has 1 aliphatic carbocycles. The molecule has 2 heterocycles. The van der Waals surface area contributed by atoms with Gasteiger partial charge in [0, 0.05) is 11.8 Å². The van der Waals surface area contributed by atoms with Gasteiger partial charge >= 0.3 is 0 Å². The first-order chi connectivity index (χ1) is 8.84. The van der Waals surface area contributed by atoms with E-state index in [1.165, 1.54) is 12.7 Å². The van der Waals surface area contributed by atoms with Gasteiger partial charge in [0.1, 0.15) is 12.0 Å². The third-order valence-corrected chi connectivity index (χ3v) is 3.27. The Labute approximate surface area is 104 Å². The van der Waals surface area contributed by atoms with Gasteiger partial charge in [-0.2, -0.15) is 0 Å². The van der Waals surface area contributed by atoms with Gasteiger partial charge in [0.25, 0.3) is 5.56 Å². The van der Waals surface area contributed by atoms with Crippen LogP contribution in [-0.2, 0) is 12.8 Å². The van der Waals surface area contributed by atoms with E-state index in [0.717, 1.165) is 36.9 Å². The Morgan fingerprint density at radius 2 is 2.06 bits per heavy atom. The monoisotopic (exact) mass is 242 g/mol. The number of fused-ring (bicyclic) bond motifs is 1. The van der Waals surface area contributed by atoms with Crippen LogP contribution in [0.15, 0.2) is 23.4 Å². The summed E-state index contributed by atoms with van der Waals surface area (Å²) in [6.45, 7) is 0. The van der Waals surface area contributed by atoms with Crippen LogP contribution >= 0.6 is 0 Å². The van der Waals surface area contributed by atoms with Crippen LogP contribution in [-0.4, -0.2) is 19.9 Å². The summed E-state index contributed by atoms with van der Waals surface area (Å²) in [6.07, 6.45) is 8.17. The summed E-state index contributed by atoms with van der Waals surface area (Å²) in [5, 5.41) is 0. The quantitative estimate of drug-likeness (QED) is 0.769. The zero-order chi connectivity index (χ0) is 12.4. The smallest absolute Gasteiger partial charge is 0.254 e. The molecule has 0 bridgehead atoms. The lowest BCUT2D eigenvalue weighted by atomic mass is 10.1. The second kappa shape index (κ2) is 4.68. The van der Waals surface area contributed by atoms with Gasteiger partial charge in [-0.1, -0.05) is 6.42 Å². The van der Waals surface area contributed by atoms with Crippen LogP contribution < -0.4 is 5.56 Å². The molecule has 0 saturated heterocycles. The van der Waals surface area contributed by atoms with Gasteiger partial charge < -0.3 is 4.98 Å². The topological polar surface area (TPSA) is 71.5 Å². The third kappa shape index (κ3) is 2.03. The minimum absolute atomic E-state index is 0.0180. The number of nitrogens with one attached hydrogen (secondary N) is 1. The fraction of sp³-hybridized carbons (Fsp3) is 0.385. The zero-order valence-corrected chi connectivity index (χ0v) is 10.0. The number of rotatable bonds is 1. The molecule has 0 radical (unpaired) electrons. The molecule has 18 heavy (non-hydrogen) atoms. The van der Waals surface area contributed by atoms with Crippen molar-refractivity contribution in [2.24, 2.45) is 0 Å². The molecule has 0 aromatic carbocycles. The molecule has 5 heteroatoms. The van der Waals surface area contributed by atoms with Crippen molar-refractivity contribution in [3.8, 4) is 11.5 Å². The van der Waals surface area contributed by atoms with E-state index in [-0.39, 0.29) is 5.56 Å². The Morgan fingerprint density at radius 3 is 2.89 bits per heavy atom. The third-order valence-electron chi connectivity index (χ3n) is 3.27. The van der Waals surface area contributed by atoms with E-state index >= 15 is 0 Å². The number of aryl methyl sites for hydroxylation is 1. The number of hydrogen-bond acceptors (Lipinski definition) is 4. The van der Waals surface area contributed by atoms with Crippen molar-refractivity contribution in [1.29, 1.82) is 0 Å². The fourth-order valence-corrected chi connectivity index (χ4v) is 2.33. The summed E-state index contributed by atoms with van der Waals surface area (Å²) in [5.74, 6) is 0.544. The zero-order valence-electron chi connectivity index (χ0n) is 10.0. The normalized spacial score (nSPS) is 14.9. The molecule has 2 aromatic rings. The Balaban J connectivity index is 2.11. The predicted octanol–water partition coefficient (Wildman–Crippen LogP) is 1.50. The van der Waals surface area contributed by atoms with Crippen molar-refractivity contribution >= 4 is 0 Å². The summed E-state index contributed by atoms with van der Waals surface area (Å²) in [6, 6.07) is 1.75. The molecule has 0 saturated carbocycles. The maximum absolute atomic E-state index is 12.1. The summed E-state index contributed by atoms with van der Waals surface area (Å²) >= 11 is 0. The maximum Gasteiger partial charge on any atom is 0.254 e. The van der Waals surface area contributed by atoms with Crippen molar-refractivity contribution < 1.29 is 0 Å². The molecule has 0 aliphatic heterocycles. The number of aromatic nitrogens is 4. The molecule has 1 N–H and O–H groups in total. The molecule has 0 atom stereocenters. The lowest BCUT2D eigenvalue weighted by Crippen LogP contribution is -2.18. The van der Waals surface area contributed by atoms with Crippen molar-refractivity contribution in [1.82, 2.24) is 19.9 Å². The fourth-order valence-electron chi connectivity index (χ4n) is 2.33. The summed E-state index contributed by atoms with van der Waals surface area (Å²) in [4.78, 5) is 27.4. The predicted molar refractivity (Wildman–Crippen MR) is 67.1 cm³/mol. The first-order valence-electron chi connectivity index (χ1n) is 6.23. The van der Waals surface area contributed by atoms with Crippen LogP contribution in [0.5, 0.6) is 0 Å². The Bertz CT molecular complexity index is 606. The molecular formula is C13H14N4O. The molecule has 1 aliphatic rings. The van der Waals surface area contributed by atoms with Gasteiger partial charge in [-0.3, -0.25) is 4.79 Å². The van der Waals surface area contributed by atoms with Gasteiger partial charge in [-0.25, -0.2) is 15.0 Å². The highest BCUT2D eigenvalue weighted by atomic mass is 16.1. The number of aromatic amines is 1. The Morgan fingerprint density at radius 1 is 1.17 bits per heavy atom. The van der Waals surface area contributed by atoms with E-state index in [1.54, 1.807) is 12.3 Å². The van der Waals surface area contributed by atoms with Crippen molar-refractivity contribution in [3.63, 3.8) is 0 Å². The van der Waals surface area contributed by atoms with E-state index in [4.69, 9.17) is 0 Å². The van der Waals surface area contributed by atoms with Crippen LogP contribution in [0.3, 0.4) is 0 Å². The van der Waals surface area contributed by atoms with Gasteiger partial charge in [0.2, 0.25) is 0 Å². The van der Waals surface area contributed by atoms with Crippen molar-refractivity contribution in [2.45, 2.75) is 32.1 Å². The lowest BCUT2D eigenvalue weighted by Gasteiger charge is -2.06. The first-order valence-corrected chi connectivity index (χ1v) is 6.23. The van der Waals surface area contributed by atoms with Crippen LogP contribution in [0.2, 0.25) is 0 Å². The number of H-pyrrole nitrogens is 1. The van der Waals surface area contributed by atoms with Gasteiger partial charge in [-0.05, 0) is 31.7 Å². The van der Waals surface area contributed by atoms with E-state index < -0.39 is 0 Å². The average Bonchev–Trinajstić information content (AvgIpc) is 2.65. The van der Waals surface area contributed by atoms with Crippen LogP contribution in [0, 0.1) is 0 Å². The summed E-state index contributed by atoms with van der Waals surface area (Å²) in [7, 11) is 0. The molecule has 3 rings (SSSR count). The molecule has 2 aromatic heterocycles. The molecule has 5 nitrogen and oxygen atoms in total. The maximum atomic E-state index is 12.1. The molecule has 0 unspecified atom stereocenters. The van der Waals surface area contributed by atoms with Crippen molar-refractivity contribution in [2.75, 3.05) is 0 Å². The second-order valence-corrected chi connectivity index (χ2v) is 4.50. The van der Waals surface area contributed by atoms with E-state index in [9.17, 15) is 4.79 Å². The van der Waals surface area contributed by atoms with Crippen LogP contribution in [0.1, 0.15) is 30.5 Å². The highest BCUT2D eigenvalue weighted by molar-refractivity contribution is 5.48. The minimum Gasteiger partial charge on any atom is -0.305 e. The van der Waals surface area contributed by atoms with Gasteiger partial charge in [0.05, 0.1) is 5.69 Å². The van der Waals surface area contributed by atoms with E-state index in [1.807, 2.05) is 0 Å². The number of nitrogens with zero attached hydrogens (tertiary/aromatic N) is 3. The SMILES string of the molecule is O=c1[nH]c(-c2ccncn2)nc2c1CCCCC2. The van der Waals surface area contributed by atoms with Crippen LogP contribution in [0.4, 0.5) is 0 Å². The van der Waals surface area contributed by atoms with Crippen LogP contribution in [0.25, 0.3) is 11.5 Å². The highest BCUT2D eigenvalue weighted by Gasteiger charge is 2.15. The van der Waals surface area contributed by atoms with Gasteiger partial charge in [-0.15, -0.1) is 0 Å². The molecule has 0 fully saturated rings. The largest absolute Gasteiger partial charge is 0.305 e. The summed E-state index contributed by atoms with van der Waals surface area (Å²) in [5.41, 5.74) is 2.43. The van der Waals surface area contributed by atoms with E-state index in [0.29, 0.717) is 11.5 Å². The average molecular weight is 242 g/mol. The lowest BCUT2D eigenvalue weighted by molar-refractivity contribution is 0.708. The molecular weight excluding hydrogens is 228 g/mol. The molecule has 0 amide bonds. The minimum atomic E-state index is -0.0180. The molecule has 0 spiro atoms. The standard InChI is InChI=1S/C13H14N4O/c18-13-9-4-2-1-3-5-10(9)16-12(17-13)11-6-7-14-8-15-11/h6-8H,1-5H2,(H,16,17,18). The Hall–Kier alpha value is -2.04.